The third-order valence-electron chi connectivity index (χ3n) is 4.20. The molecule has 140 valence electrons. The minimum Gasteiger partial charge on any atom is -0.486 e. The highest BCUT2D eigenvalue weighted by molar-refractivity contribution is 7.89. The van der Waals surface area contributed by atoms with Crippen molar-refractivity contribution in [2.24, 2.45) is 5.73 Å². The first-order valence-electron chi connectivity index (χ1n) is 7.73. The lowest BCUT2D eigenvalue weighted by Gasteiger charge is -2.26. The van der Waals surface area contributed by atoms with E-state index in [-0.39, 0.29) is 49.2 Å². The van der Waals surface area contributed by atoms with Crippen LogP contribution in [0.3, 0.4) is 0 Å². The van der Waals surface area contributed by atoms with E-state index in [0.717, 1.165) is 25.0 Å². The summed E-state index contributed by atoms with van der Waals surface area (Å²) in [5.41, 5.74) is 5.29. The molecule has 0 aromatic heterocycles. The highest BCUT2D eigenvalue weighted by Gasteiger charge is 2.32. The number of hydrogen-bond donors (Lipinski definition) is 2. The van der Waals surface area contributed by atoms with E-state index in [1.165, 1.54) is 0 Å². The smallest absolute Gasteiger partial charge is 0.293 e. The lowest BCUT2D eigenvalue weighted by Crippen LogP contribution is -2.40. The van der Waals surface area contributed by atoms with Gasteiger partial charge in [-0.2, -0.15) is 0 Å². The second-order valence-corrected chi connectivity index (χ2v) is 7.64. The van der Waals surface area contributed by atoms with E-state index in [2.05, 4.69) is 4.72 Å². The van der Waals surface area contributed by atoms with Crippen LogP contribution in [0, 0.1) is 10.1 Å². The van der Waals surface area contributed by atoms with Crippen molar-refractivity contribution in [3.05, 3.63) is 22.2 Å². The Labute approximate surface area is 151 Å². The maximum absolute atomic E-state index is 12.6. The van der Waals surface area contributed by atoms with Crippen molar-refractivity contribution in [1.29, 1.82) is 0 Å². The number of nitro groups is 1. The zero-order valence-electron chi connectivity index (χ0n) is 13.3. The molecule has 1 aromatic carbocycles. The minimum absolute atomic E-state index is 0. The number of benzene rings is 1. The number of sulfonamides is 1. The molecule has 11 heteroatoms. The topological polar surface area (TPSA) is 134 Å². The average Bonchev–Trinajstić information content (AvgIpc) is 2.55. The highest BCUT2D eigenvalue weighted by atomic mass is 35.5. The molecule has 0 unspecified atom stereocenters. The Kier molecular flexibility index (Phi) is 6.09. The summed E-state index contributed by atoms with van der Waals surface area (Å²) in [7, 11) is -4.05. The molecule has 0 bridgehead atoms. The maximum atomic E-state index is 12.6. The van der Waals surface area contributed by atoms with Crippen LogP contribution in [0.5, 0.6) is 11.5 Å². The van der Waals surface area contributed by atoms with Crippen molar-refractivity contribution in [2.45, 2.75) is 42.7 Å². The van der Waals surface area contributed by atoms with Crippen molar-refractivity contribution in [1.82, 2.24) is 4.72 Å². The number of nitrogens with zero attached hydrogens (tertiary/aromatic N) is 1. The summed E-state index contributed by atoms with van der Waals surface area (Å²) in [6, 6.07) is 2.06. The Bertz CT molecular complexity index is 749. The Morgan fingerprint density at radius 2 is 1.68 bits per heavy atom. The number of nitrogens with two attached hydrogens (primary N) is 1. The van der Waals surface area contributed by atoms with Gasteiger partial charge in [0, 0.05) is 18.2 Å². The van der Waals surface area contributed by atoms with Gasteiger partial charge in [-0.1, -0.05) is 0 Å². The number of halogens is 1. The van der Waals surface area contributed by atoms with Crippen LogP contribution < -0.4 is 19.9 Å². The molecule has 3 N–H and O–H groups in total. The fourth-order valence-corrected chi connectivity index (χ4v) is 4.41. The monoisotopic (exact) mass is 393 g/mol. The molecule has 1 saturated carbocycles. The molecule has 0 spiro atoms. The van der Waals surface area contributed by atoms with E-state index in [0.29, 0.717) is 12.8 Å². The molecule has 9 nitrogen and oxygen atoms in total. The molecule has 25 heavy (non-hydrogen) atoms. The number of ether oxygens (including phenoxy) is 2. The zero-order valence-corrected chi connectivity index (χ0v) is 15.0. The molecule has 1 fully saturated rings. The number of rotatable bonds is 4. The van der Waals surface area contributed by atoms with Gasteiger partial charge < -0.3 is 15.2 Å². The Morgan fingerprint density at radius 3 is 2.24 bits per heavy atom. The van der Waals surface area contributed by atoms with Crippen molar-refractivity contribution in [2.75, 3.05) is 13.2 Å². The second-order valence-electron chi connectivity index (χ2n) is 5.95. The highest BCUT2D eigenvalue weighted by Crippen LogP contribution is 2.38. The average molecular weight is 394 g/mol. The number of nitro benzene ring substituents is 1. The summed E-state index contributed by atoms with van der Waals surface area (Å²) in [5, 5.41) is 11.3. The fraction of sp³-hybridized carbons (Fsp3) is 0.571. The summed E-state index contributed by atoms with van der Waals surface area (Å²) < 4.78 is 38.5. The van der Waals surface area contributed by atoms with Gasteiger partial charge in [0.05, 0.1) is 11.0 Å². The molecule has 1 aliphatic carbocycles. The van der Waals surface area contributed by atoms with Gasteiger partial charge >= 0.3 is 0 Å². The molecular weight excluding hydrogens is 374 g/mol. The van der Waals surface area contributed by atoms with Crippen LogP contribution in [0.15, 0.2) is 17.0 Å². The summed E-state index contributed by atoms with van der Waals surface area (Å²) in [5.74, 6) is 0.369. The van der Waals surface area contributed by atoms with E-state index in [1.807, 2.05) is 0 Å². The Morgan fingerprint density at radius 1 is 1.12 bits per heavy atom. The molecule has 3 rings (SSSR count). The summed E-state index contributed by atoms with van der Waals surface area (Å²) >= 11 is 0. The summed E-state index contributed by atoms with van der Waals surface area (Å²) in [6.45, 7) is 0.523. The first-order valence-corrected chi connectivity index (χ1v) is 9.21. The van der Waals surface area contributed by atoms with Crippen LogP contribution in [-0.4, -0.2) is 38.6 Å². The lowest BCUT2D eigenvalue weighted by atomic mass is 9.93. The van der Waals surface area contributed by atoms with E-state index < -0.39 is 25.5 Å². The third kappa shape index (κ3) is 4.32. The van der Waals surface area contributed by atoms with Crippen molar-refractivity contribution >= 4 is 28.1 Å². The van der Waals surface area contributed by atoms with Crippen LogP contribution in [-0.2, 0) is 10.0 Å². The van der Waals surface area contributed by atoms with Gasteiger partial charge in [0.2, 0.25) is 10.0 Å². The minimum atomic E-state index is -4.05. The predicted molar refractivity (Wildman–Crippen MR) is 91.9 cm³/mol. The summed E-state index contributed by atoms with van der Waals surface area (Å²) in [4.78, 5) is 10.1. The molecule has 1 aliphatic heterocycles. The van der Waals surface area contributed by atoms with Crippen molar-refractivity contribution in [3.63, 3.8) is 0 Å². The van der Waals surface area contributed by atoms with Gasteiger partial charge in [-0.25, -0.2) is 13.1 Å². The lowest BCUT2D eigenvalue weighted by molar-refractivity contribution is -0.388. The third-order valence-corrected chi connectivity index (χ3v) is 5.75. The number of nitrogens with one attached hydrogen (secondary N) is 1. The number of fused-ring (bicyclic) bond motifs is 1. The second kappa shape index (κ2) is 7.73. The SMILES string of the molecule is Cl.NC1CCC(NS(=O)(=O)c2cc3c(cc2[N+](=O)[O-])OCCO3)CC1. The Balaban J connectivity index is 0.00000225. The van der Waals surface area contributed by atoms with Crippen LogP contribution in [0.4, 0.5) is 5.69 Å². The zero-order chi connectivity index (χ0) is 17.3. The molecule has 0 radical (unpaired) electrons. The molecule has 0 amide bonds. The Hall–Kier alpha value is -1.62. The standard InChI is InChI=1S/C14H19N3O6S.ClH/c15-9-1-3-10(4-2-9)16-24(20,21)14-8-13-12(22-5-6-23-13)7-11(14)17(18)19;/h7-10,16H,1-6,15H2;1H. The van der Waals surface area contributed by atoms with Crippen LogP contribution >= 0.6 is 12.4 Å². The fourth-order valence-electron chi connectivity index (χ4n) is 2.94. The van der Waals surface area contributed by atoms with E-state index in [9.17, 15) is 18.5 Å². The van der Waals surface area contributed by atoms with Gasteiger partial charge in [-0.05, 0) is 25.7 Å². The van der Waals surface area contributed by atoms with E-state index >= 15 is 0 Å². The molecule has 1 heterocycles. The first-order chi connectivity index (χ1) is 11.4. The van der Waals surface area contributed by atoms with Gasteiger partial charge in [0.15, 0.2) is 16.4 Å². The largest absolute Gasteiger partial charge is 0.486 e. The molecule has 2 aliphatic rings. The van der Waals surface area contributed by atoms with Gasteiger partial charge in [0.1, 0.15) is 13.2 Å². The quantitative estimate of drug-likeness (QED) is 0.582. The van der Waals surface area contributed by atoms with Crippen molar-refractivity contribution in [3.8, 4) is 11.5 Å². The van der Waals surface area contributed by atoms with Gasteiger partial charge in [-0.3, -0.25) is 10.1 Å². The number of hydrogen-bond acceptors (Lipinski definition) is 7. The van der Waals surface area contributed by atoms with Gasteiger partial charge in [-0.15, -0.1) is 12.4 Å². The molecule has 1 aromatic rings. The van der Waals surface area contributed by atoms with E-state index in [1.54, 1.807) is 0 Å². The molecule has 0 saturated heterocycles. The predicted octanol–water partition coefficient (Wildman–Crippen LogP) is 1.34. The van der Waals surface area contributed by atoms with Crippen LogP contribution in [0.2, 0.25) is 0 Å². The first kappa shape index (κ1) is 19.7. The summed E-state index contributed by atoms with van der Waals surface area (Å²) in [6.07, 6.45) is 2.66. The van der Waals surface area contributed by atoms with Gasteiger partial charge in [0.25, 0.3) is 5.69 Å². The van der Waals surface area contributed by atoms with Crippen molar-refractivity contribution < 1.29 is 22.8 Å². The maximum Gasteiger partial charge on any atom is 0.293 e. The molecule has 0 atom stereocenters. The van der Waals surface area contributed by atoms with Crippen LogP contribution in [0.1, 0.15) is 25.7 Å². The normalized spacial score (nSPS) is 22.8. The molecular formula is C14H20ClN3O6S. The van der Waals surface area contributed by atoms with Crippen LogP contribution in [0.25, 0.3) is 0 Å². The van der Waals surface area contributed by atoms with E-state index in [4.69, 9.17) is 15.2 Å².